The van der Waals surface area contributed by atoms with Gasteiger partial charge in [-0.3, -0.25) is 0 Å². The number of benzene rings is 2. The highest BCUT2D eigenvalue weighted by molar-refractivity contribution is 5.63. The van der Waals surface area contributed by atoms with Crippen molar-refractivity contribution in [1.29, 1.82) is 0 Å². The number of anilines is 3. The fourth-order valence-corrected chi connectivity index (χ4v) is 3.07. The number of halogens is 2. The predicted molar refractivity (Wildman–Crippen MR) is 103 cm³/mol. The number of aryl methyl sites for hydroxylation is 1. The molecule has 3 aromatic rings. The molecular weight excluding hydrogens is 352 g/mol. The van der Waals surface area contributed by atoms with Crippen LogP contribution in [0.2, 0.25) is 0 Å². The average Bonchev–Trinajstić information content (AvgIpc) is 3.25. The van der Waals surface area contributed by atoms with Crippen LogP contribution in [0.25, 0.3) is 5.69 Å². The Balaban J connectivity index is 0.00000150. The van der Waals surface area contributed by atoms with Crippen LogP contribution in [-0.4, -0.2) is 34.0 Å². The van der Waals surface area contributed by atoms with Crippen LogP contribution in [0, 0.1) is 18.6 Å². The largest absolute Gasteiger partial charge is 0.380 e. The van der Waals surface area contributed by atoms with Crippen LogP contribution in [0.5, 0.6) is 0 Å². The second kappa shape index (κ2) is 7.32. The molecule has 4 rings (SSSR count). The number of hydrogen-bond donors (Lipinski definition) is 2. The average molecular weight is 375 g/mol. The molecule has 1 atom stereocenters. The van der Waals surface area contributed by atoms with Crippen molar-refractivity contribution >= 4 is 17.3 Å². The van der Waals surface area contributed by atoms with Gasteiger partial charge in [0.05, 0.1) is 18.3 Å². The van der Waals surface area contributed by atoms with Gasteiger partial charge >= 0.3 is 0 Å². The molecule has 1 aromatic heterocycles. The van der Waals surface area contributed by atoms with Crippen LogP contribution in [0.3, 0.4) is 0 Å². The van der Waals surface area contributed by atoms with Crippen LogP contribution >= 0.6 is 0 Å². The molecule has 8 heteroatoms. The molecular formula is C19H23F2N5O. The topological polar surface area (TPSA) is 64.0 Å². The first-order valence-corrected chi connectivity index (χ1v) is 8.66. The number of nitrogens with zero attached hydrogens (tertiary/aromatic N) is 3. The molecule has 2 aromatic carbocycles. The van der Waals surface area contributed by atoms with Gasteiger partial charge < -0.3 is 15.4 Å². The Kier molecular flexibility index (Phi) is 4.72. The SMILES string of the molecule is Cc1cc(Nc2ncn(-c3cc(F)cc(F)c3)n2)cc(NC2CCOC2)c1.[HH].[HH]. The molecule has 0 amide bonds. The van der Waals surface area contributed by atoms with E-state index in [0.29, 0.717) is 18.6 Å². The molecule has 0 bridgehead atoms. The Morgan fingerprint density at radius 3 is 2.63 bits per heavy atom. The molecule has 0 aliphatic carbocycles. The Morgan fingerprint density at radius 2 is 1.89 bits per heavy atom. The van der Waals surface area contributed by atoms with E-state index >= 15 is 0 Å². The molecule has 144 valence electrons. The second-order valence-electron chi connectivity index (χ2n) is 6.56. The summed E-state index contributed by atoms with van der Waals surface area (Å²) in [6, 6.07) is 9.51. The summed E-state index contributed by atoms with van der Waals surface area (Å²) >= 11 is 0. The van der Waals surface area contributed by atoms with E-state index in [1.807, 2.05) is 19.1 Å². The lowest BCUT2D eigenvalue weighted by molar-refractivity contribution is 0.195. The Bertz CT molecular complexity index is 943. The van der Waals surface area contributed by atoms with Crippen LogP contribution in [0.1, 0.15) is 14.8 Å². The molecule has 27 heavy (non-hydrogen) atoms. The van der Waals surface area contributed by atoms with Crippen molar-refractivity contribution in [3.8, 4) is 5.69 Å². The minimum absolute atomic E-state index is 0. The first kappa shape index (κ1) is 17.4. The quantitative estimate of drug-likeness (QED) is 0.696. The first-order valence-electron chi connectivity index (χ1n) is 8.66. The monoisotopic (exact) mass is 375 g/mol. The standard InChI is InChI=1S/C19H19F2N5O.2H2/c1-12-4-16(23-15-2-3-27-10-15)9-17(5-12)24-19-22-11-26(25-19)18-7-13(20)6-14(21)8-18;;/h4-9,11,15,23H,2-3,10H2,1H3,(H,24,25);2*1H. The van der Waals surface area contributed by atoms with Gasteiger partial charge in [0.2, 0.25) is 5.95 Å². The summed E-state index contributed by atoms with van der Waals surface area (Å²) in [5.41, 5.74) is 3.15. The smallest absolute Gasteiger partial charge is 0.246 e. The molecule has 1 aliphatic heterocycles. The van der Waals surface area contributed by atoms with Crippen molar-refractivity contribution in [2.24, 2.45) is 0 Å². The first-order chi connectivity index (χ1) is 13.0. The Labute approximate surface area is 158 Å². The number of aromatic nitrogens is 3. The number of hydrogen-bond acceptors (Lipinski definition) is 5. The predicted octanol–water partition coefficient (Wildman–Crippen LogP) is 4.29. The summed E-state index contributed by atoms with van der Waals surface area (Å²) in [6.45, 7) is 3.48. The molecule has 1 saturated heterocycles. The molecule has 0 spiro atoms. The lowest BCUT2D eigenvalue weighted by atomic mass is 10.1. The molecule has 1 fully saturated rings. The van der Waals surface area contributed by atoms with E-state index in [1.54, 1.807) is 0 Å². The molecule has 0 saturated carbocycles. The number of nitrogens with one attached hydrogen (secondary N) is 2. The maximum atomic E-state index is 13.4. The summed E-state index contributed by atoms with van der Waals surface area (Å²) in [4.78, 5) is 4.17. The highest BCUT2D eigenvalue weighted by atomic mass is 19.1. The van der Waals surface area contributed by atoms with E-state index in [-0.39, 0.29) is 8.54 Å². The minimum atomic E-state index is -0.666. The maximum absolute atomic E-state index is 13.4. The highest BCUT2D eigenvalue weighted by Gasteiger charge is 2.15. The summed E-state index contributed by atoms with van der Waals surface area (Å²) in [5.74, 6) is -0.999. The van der Waals surface area contributed by atoms with Gasteiger partial charge in [-0.05, 0) is 49.2 Å². The van der Waals surface area contributed by atoms with E-state index in [4.69, 9.17) is 4.74 Å². The van der Waals surface area contributed by atoms with Gasteiger partial charge in [-0.15, -0.1) is 5.10 Å². The Morgan fingerprint density at radius 1 is 1.11 bits per heavy atom. The lowest BCUT2D eigenvalue weighted by Crippen LogP contribution is -2.18. The summed E-state index contributed by atoms with van der Waals surface area (Å²) < 4.78 is 33.5. The van der Waals surface area contributed by atoms with Crippen LogP contribution in [0.4, 0.5) is 26.1 Å². The van der Waals surface area contributed by atoms with Gasteiger partial charge in [-0.25, -0.2) is 13.5 Å². The van der Waals surface area contributed by atoms with Crippen molar-refractivity contribution < 1.29 is 16.4 Å². The van der Waals surface area contributed by atoms with E-state index in [1.165, 1.54) is 23.1 Å². The third-order valence-corrected chi connectivity index (χ3v) is 4.24. The maximum Gasteiger partial charge on any atom is 0.246 e. The van der Waals surface area contributed by atoms with Crippen molar-refractivity contribution in [3.63, 3.8) is 0 Å². The Hall–Kier alpha value is -3.00. The summed E-state index contributed by atoms with van der Waals surface area (Å²) in [5, 5.41) is 10.8. The van der Waals surface area contributed by atoms with E-state index < -0.39 is 11.6 Å². The zero-order valence-electron chi connectivity index (χ0n) is 14.7. The van der Waals surface area contributed by atoms with Gasteiger partial charge in [0.25, 0.3) is 0 Å². The summed E-state index contributed by atoms with van der Waals surface area (Å²) in [6.07, 6.45) is 2.38. The molecule has 6 nitrogen and oxygen atoms in total. The minimum Gasteiger partial charge on any atom is -0.380 e. The fraction of sp³-hybridized carbons (Fsp3) is 0.263. The summed E-state index contributed by atoms with van der Waals surface area (Å²) in [7, 11) is 0. The normalized spacial score (nSPS) is 16.5. The van der Waals surface area contributed by atoms with Crippen LogP contribution in [0.15, 0.2) is 42.7 Å². The molecule has 2 heterocycles. The second-order valence-corrected chi connectivity index (χ2v) is 6.56. The molecule has 1 aliphatic rings. The molecule has 2 N–H and O–H groups in total. The van der Waals surface area contributed by atoms with E-state index in [9.17, 15) is 8.78 Å². The van der Waals surface area contributed by atoms with Crippen LogP contribution in [-0.2, 0) is 4.74 Å². The zero-order valence-corrected chi connectivity index (χ0v) is 14.7. The van der Waals surface area contributed by atoms with Gasteiger partial charge in [0.15, 0.2) is 0 Å². The van der Waals surface area contributed by atoms with Gasteiger partial charge in [-0.1, -0.05) is 0 Å². The van der Waals surface area contributed by atoms with Crippen molar-refractivity contribution in [3.05, 3.63) is 59.9 Å². The fourth-order valence-electron chi connectivity index (χ4n) is 3.07. The third-order valence-electron chi connectivity index (χ3n) is 4.24. The van der Waals surface area contributed by atoms with E-state index in [2.05, 4.69) is 26.8 Å². The van der Waals surface area contributed by atoms with Crippen molar-refractivity contribution in [1.82, 2.24) is 14.8 Å². The molecule has 0 radical (unpaired) electrons. The number of rotatable bonds is 5. The van der Waals surface area contributed by atoms with Crippen molar-refractivity contribution in [2.45, 2.75) is 19.4 Å². The highest BCUT2D eigenvalue weighted by Crippen LogP contribution is 2.23. The van der Waals surface area contributed by atoms with Crippen LogP contribution < -0.4 is 10.6 Å². The van der Waals surface area contributed by atoms with Gasteiger partial charge in [0.1, 0.15) is 18.0 Å². The number of ether oxygens (including phenoxy) is 1. The van der Waals surface area contributed by atoms with Crippen molar-refractivity contribution in [2.75, 3.05) is 23.8 Å². The van der Waals surface area contributed by atoms with Gasteiger partial charge in [-0.2, -0.15) is 4.98 Å². The van der Waals surface area contributed by atoms with Gasteiger partial charge in [0, 0.05) is 26.9 Å². The lowest BCUT2D eigenvalue weighted by Gasteiger charge is -2.14. The van der Waals surface area contributed by atoms with E-state index in [0.717, 1.165) is 36.0 Å². The third kappa shape index (κ3) is 4.22. The molecule has 1 unspecified atom stereocenters. The zero-order chi connectivity index (χ0) is 18.8.